The summed E-state index contributed by atoms with van der Waals surface area (Å²) in [7, 11) is 0. The molecular weight excluding hydrogens is 422 g/mol. The maximum atomic E-state index is 13.3. The molecule has 0 spiro atoms. The van der Waals surface area contributed by atoms with Gasteiger partial charge in [0.05, 0.1) is 42.3 Å². The molecule has 6 nitrogen and oxygen atoms in total. The van der Waals surface area contributed by atoms with Crippen molar-refractivity contribution >= 4 is 5.91 Å². The Bertz CT molecular complexity index is 1150. The number of nitriles is 1. The van der Waals surface area contributed by atoms with E-state index in [1.807, 2.05) is 35.4 Å². The Morgan fingerprint density at radius 3 is 2.68 bits per heavy atom. The van der Waals surface area contributed by atoms with Gasteiger partial charge in [-0.1, -0.05) is 43.7 Å². The monoisotopic (exact) mass is 455 g/mol. The lowest BCUT2D eigenvalue weighted by atomic mass is 9.91. The molecule has 2 atom stereocenters. The van der Waals surface area contributed by atoms with E-state index in [2.05, 4.69) is 59.9 Å². The van der Waals surface area contributed by atoms with E-state index < -0.39 is 0 Å². The Balaban J connectivity index is 1.74. The highest BCUT2D eigenvalue weighted by molar-refractivity contribution is 5.79. The van der Waals surface area contributed by atoms with Gasteiger partial charge in [0.2, 0.25) is 5.91 Å². The SMILES string of the molecule is CCCCN1C[C@H](c2cccc(C)c2C)N(C(Cc2ccc(C#N)cc2)c2cnc[nH]2)CC1=O. The highest BCUT2D eigenvalue weighted by atomic mass is 16.2. The van der Waals surface area contributed by atoms with Crippen LogP contribution in [0.2, 0.25) is 0 Å². The zero-order valence-electron chi connectivity index (χ0n) is 20.3. The lowest BCUT2D eigenvalue weighted by molar-refractivity contribution is -0.140. The van der Waals surface area contributed by atoms with Crippen LogP contribution in [0.5, 0.6) is 0 Å². The molecule has 1 N–H and O–H groups in total. The van der Waals surface area contributed by atoms with Crippen LogP contribution in [0, 0.1) is 25.2 Å². The Kier molecular flexibility index (Phi) is 7.44. The quantitative estimate of drug-likeness (QED) is 0.526. The number of unbranched alkanes of at least 4 members (excludes halogenated alkanes) is 1. The average Bonchev–Trinajstić information content (AvgIpc) is 3.39. The maximum Gasteiger partial charge on any atom is 0.236 e. The van der Waals surface area contributed by atoms with Crippen LogP contribution in [0.4, 0.5) is 0 Å². The van der Waals surface area contributed by atoms with Gasteiger partial charge in [-0.15, -0.1) is 0 Å². The molecule has 1 amide bonds. The lowest BCUT2D eigenvalue weighted by Gasteiger charge is -2.45. The van der Waals surface area contributed by atoms with Gasteiger partial charge in [-0.3, -0.25) is 9.69 Å². The maximum absolute atomic E-state index is 13.3. The average molecular weight is 456 g/mol. The number of piperazine rings is 1. The first-order valence-corrected chi connectivity index (χ1v) is 12.1. The number of amides is 1. The number of aryl methyl sites for hydroxylation is 1. The molecule has 1 aliphatic rings. The fourth-order valence-electron chi connectivity index (χ4n) is 4.88. The molecule has 0 aliphatic carbocycles. The highest BCUT2D eigenvalue weighted by Crippen LogP contribution is 2.37. The number of H-pyrrole nitrogens is 1. The minimum Gasteiger partial charge on any atom is -0.347 e. The molecule has 2 heterocycles. The predicted octanol–water partition coefficient (Wildman–Crippen LogP) is 4.87. The van der Waals surface area contributed by atoms with Crippen molar-refractivity contribution in [2.75, 3.05) is 19.6 Å². The van der Waals surface area contributed by atoms with E-state index in [9.17, 15) is 10.1 Å². The number of nitrogens with zero attached hydrogens (tertiary/aromatic N) is 4. The molecule has 4 rings (SSSR count). The fourth-order valence-corrected chi connectivity index (χ4v) is 4.88. The van der Waals surface area contributed by atoms with Gasteiger partial charge in [0.15, 0.2) is 0 Å². The molecule has 2 aromatic carbocycles. The van der Waals surface area contributed by atoms with Crippen molar-refractivity contribution in [1.29, 1.82) is 5.26 Å². The number of aromatic nitrogens is 2. The number of imidazole rings is 1. The summed E-state index contributed by atoms with van der Waals surface area (Å²) in [6.45, 7) is 8.34. The summed E-state index contributed by atoms with van der Waals surface area (Å²) in [5, 5.41) is 9.18. The third-order valence-corrected chi connectivity index (χ3v) is 7.04. The Hall–Kier alpha value is -3.43. The predicted molar refractivity (Wildman–Crippen MR) is 133 cm³/mol. The molecule has 1 aromatic heterocycles. The van der Waals surface area contributed by atoms with Gasteiger partial charge >= 0.3 is 0 Å². The van der Waals surface area contributed by atoms with Crippen molar-refractivity contribution in [3.63, 3.8) is 0 Å². The van der Waals surface area contributed by atoms with Crippen molar-refractivity contribution in [1.82, 2.24) is 19.8 Å². The molecule has 1 fully saturated rings. The van der Waals surface area contributed by atoms with E-state index in [-0.39, 0.29) is 18.0 Å². The van der Waals surface area contributed by atoms with Crippen LogP contribution < -0.4 is 0 Å². The summed E-state index contributed by atoms with van der Waals surface area (Å²) in [4.78, 5) is 25.3. The van der Waals surface area contributed by atoms with Crippen LogP contribution >= 0.6 is 0 Å². The van der Waals surface area contributed by atoms with Crippen molar-refractivity contribution in [3.8, 4) is 6.07 Å². The minimum absolute atomic E-state index is 0.0439. The number of nitrogens with one attached hydrogen (secondary N) is 1. The van der Waals surface area contributed by atoms with E-state index in [1.165, 1.54) is 16.7 Å². The molecule has 34 heavy (non-hydrogen) atoms. The Morgan fingerprint density at radius 2 is 2.00 bits per heavy atom. The number of rotatable bonds is 8. The van der Waals surface area contributed by atoms with E-state index in [0.29, 0.717) is 18.7 Å². The number of benzene rings is 2. The number of hydrogen-bond donors (Lipinski definition) is 1. The van der Waals surface area contributed by atoms with Crippen LogP contribution in [-0.2, 0) is 11.2 Å². The van der Waals surface area contributed by atoms with Gasteiger partial charge in [-0.2, -0.15) is 5.26 Å². The Labute approximate surface area is 202 Å². The molecule has 6 heteroatoms. The number of aromatic amines is 1. The largest absolute Gasteiger partial charge is 0.347 e. The van der Waals surface area contributed by atoms with E-state index in [1.54, 1.807) is 6.33 Å². The van der Waals surface area contributed by atoms with Crippen LogP contribution in [0.25, 0.3) is 0 Å². The molecule has 3 aromatic rings. The van der Waals surface area contributed by atoms with Crippen LogP contribution in [-0.4, -0.2) is 45.3 Å². The lowest BCUT2D eigenvalue weighted by Crippen LogP contribution is -2.53. The Morgan fingerprint density at radius 1 is 1.21 bits per heavy atom. The number of hydrogen-bond acceptors (Lipinski definition) is 4. The fraction of sp³-hybridized carbons (Fsp3) is 0.393. The first kappa shape index (κ1) is 23.7. The molecule has 1 unspecified atom stereocenters. The summed E-state index contributed by atoms with van der Waals surface area (Å²) >= 11 is 0. The molecular formula is C28H33N5O. The third kappa shape index (κ3) is 5.05. The van der Waals surface area contributed by atoms with Gasteiger partial charge in [0.25, 0.3) is 0 Å². The number of carbonyl (C=O) groups is 1. The normalized spacial score (nSPS) is 17.5. The zero-order valence-corrected chi connectivity index (χ0v) is 20.3. The second-order valence-electron chi connectivity index (χ2n) is 9.21. The third-order valence-electron chi connectivity index (χ3n) is 7.04. The molecule has 1 aliphatic heterocycles. The minimum atomic E-state index is -0.0439. The molecule has 1 saturated heterocycles. The number of carbonyl (C=O) groups excluding carboxylic acids is 1. The summed E-state index contributed by atoms with van der Waals surface area (Å²) in [6.07, 6.45) is 6.37. The summed E-state index contributed by atoms with van der Waals surface area (Å²) in [6, 6.07) is 16.4. The van der Waals surface area contributed by atoms with E-state index in [0.717, 1.165) is 37.1 Å². The van der Waals surface area contributed by atoms with Crippen LogP contribution in [0.1, 0.15) is 65.4 Å². The molecule has 0 bridgehead atoms. The van der Waals surface area contributed by atoms with Gasteiger partial charge in [-0.25, -0.2) is 4.98 Å². The van der Waals surface area contributed by atoms with Crippen molar-refractivity contribution < 1.29 is 4.79 Å². The summed E-state index contributed by atoms with van der Waals surface area (Å²) in [5.74, 6) is 0.180. The first-order valence-electron chi connectivity index (χ1n) is 12.1. The molecule has 176 valence electrons. The van der Waals surface area contributed by atoms with Crippen molar-refractivity contribution in [2.24, 2.45) is 0 Å². The molecule has 0 saturated carbocycles. The van der Waals surface area contributed by atoms with Gasteiger partial charge in [0, 0.05) is 19.3 Å². The second kappa shape index (κ2) is 10.7. The van der Waals surface area contributed by atoms with E-state index >= 15 is 0 Å². The van der Waals surface area contributed by atoms with Gasteiger partial charge < -0.3 is 9.88 Å². The topological polar surface area (TPSA) is 76.0 Å². The van der Waals surface area contributed by atoms with Crippen molar-refractivity contribution in [2.45, 2.75) is 52.1 Å². The van der Waals surface area contributed by atoms with Crippen molar-refractivity contribution in [3.05, 3.63) is 88.5 Å². The first-order chi connectivity index (χ1) is 16.5. The van der Waals surface area contributed by atoms with Gasteiger partial charge in [0.1, 0.15) is 0 Å². The van der Waals surface area contributed by atoms with E-state index in [4.69, 9.17) is 0 Å². The summed E-state index contributed by atoms with van der Waals surface area (Å²) < 4.78 is 0. The second-order valence-corrected chi connectivity index (χ2v) is 9.21. The summed E-state index contributed by atoms with van der Waals surface area (Å²) in [5.41, 5.74) is 6.59. The molecule has 0 radical (unpaired) electrons. The zero-order chi connectivity index (χ0) is 24.1. The highest BCUT2D eigenvalue weighted by Gasteiger charge is 2.38. The smallest absolute Gasteiger partial charge is 0.236 e. The van der Waals surface area contributed by atoms with Gasteiger partial charge in [-0.05, 0) is 61.1 Å². The standard InChI is InChI=1S/C28H33N5O/c1-4-5-13-32-17-27(24-8-6-7-20(2)21(24)3)33(18-28(32)34)26(25-16-30-19-31-25)14-22-9-11-23(15-29)12-10-22/h6-12,16,19,26-27H,4-5,13-14,17-18H2,1-3H3,(H,30,31)/t26?,27-/m1/s1. The van der Waals surface area contributed by atoms with Crippen LogP contribution in [0.15, 0.2) is 55.0 Å². The van der Waals surface area contributed by atoms with Crippen LogP contribution in [0.3, 0.4) is 0 Å².